The maximum absolute atomic E-state index is 5.31. The van der Waals surface area contributed by atoms with Crippen molar-refractivity contribution < 1.29 is 4.42 Å². The minimum absolute atomic E-state index is 0.927. The molecule has 1 rings (SSSR count). The van der Waals surface area contributed by atoms with Gasteiger partial charge in [-0.2, -0.15) is 0 Å². The zero-order valence-corrected chi connectivity index (χ0v) is 8.55. The molecule has 1 aromatic rings. The number of furan rings is 1. The summed E-state index contributed by atoms with van der Waals surface area (Å²) in [5.74, 6) is 0.968. The Labute approximate surface area is 79.6 Å². The molecule has 2 nitrogen and oxygen atoms in total. The van der Waals surface area contributed by atoms with Crippen LogP contribution in [0.2, 0.25) is 0 Å². The largest absolute Gasteiger partial charge is 0.465 e. The summed E-state index contributed by atoms with van der Waals surface area (Å²) in [5.41, 5.74) is 2.48. The van der Waals surface area contributed by atoms with Crippen LogP contribution in [0.5, 0.6) is 0 Å². The van der Waals surface area contributed by atoms with E-state index in [0.29, 0.717) is 0 Å². The number of aryl methyl sites for hydroxylation is 1. The molecule has 1 N–H and O–H groups in total. The van der Waals surface area contributed by atoms with Gasteiger partial charge in [0.05, 0.1) is 6.26 Å². The molecular weight excluding hydrogens is 162 g/mol. The third-order valence-electron chi connectivity index (χ3n) is 1.93. The Bertz CT molecular complexity index is 286. The van der Waals surface area contributed by atoms with Gasteiger partial charge in [0.2, 0.25) is 0 Å². The number of rotatable bonds is 4. The molecule has 72 valence electrons. The molecule has 0 fully saturated rings. The molecule has 0 saturated carbocycles. The lowest BCUT2D eigenvalue weighted by atomic mass is 10.2. The summed E-state index contributed by atoms with van der Waals surface area (Å²) in [6.45, 7) is 8.19. The molecule has 0 aromatic carbocycles. The first-order chi connectivity index (χ1) is 6.24. The van der Waals surface area contributed by atoms with Gasteiger partial charge in [0.1, 0.15) is 5.76 Å². The Morgan fingerprint density at radius 2 is 2.38 bits per heavy atom. The number of likely N-dealkylation sites (N-methyl/N-ethyl adjacent to an activating group) is 1. The van der Waals surface area contributed by atoms with Crippen LogP contribution in [0.3, 0.4) is 0 Å². The summed E-state index contributed by atoms with van der Waals surface area (Å²) < 4.78 is 5.31. The van der Waals surface area contributed by atoms with Gasteiger partial charge in [-0.05, 0) is 38.1 Å². The van der Waals surface area contributed by atoms with Crippen LogP contribution in [0.1, 0.15) is 25.2 Å². The van der Waals surface area contributed by atoms with Gasteiger partial charge in [-0.25, -0.2) is 0 Å². The molecule has 1 aromatic heterocycles. The molecule has 0 aliphatic carbocycles. The smallest absolute Gasteiger partial charge is 0.129 e. The lowest BCUT2D eigenvalue weighted by Gasteiger charge is -2.00. The molecule has 0 radical (unpaired) electrons. The number of hydrogen-bond acceptors (Lipinski definition) is 2. The third-order valence-corrected chi connectivity index (χ3v) is 1.93. The summed E-state index contributed by atoms with van der Waals surface area (Å²) in [5, 5.41) is 3.27. The average molecular weight is 179 g/mol. The van der Waals surface area contributed by atoms with E-state index in [-0.39, 0.29) is 0 Å². The van der Waals surface area contributed by atoms with E-state index in [9.17, 15) is 0 Å². The minimum atomic E-state index is 0.927. The third kappa shape index (κ3) is 3.07. The Hall–Kier alpha value is -1.02. The fourth-order valence-corrected chi connectivity index (χ4v) is 1.13. The molecule has 2 heteroatoms. The molecule has 0 spiro atoms. The topological polar surface area (TPSA) is 25.2 Å². The van der Waals surface area contributed by atoms with Crippen molar-refractivity contribution >= 4 is 6.08 Å². The fraction of sp³-hybridized carbons (Fsp3) is 0.455. The van der Waals surface area contributed by atoms with Gasteiger partial charge in [-0.15, -0.1) is 0 Å². The first-order valence-corrected chi connectivity index (χ1v) is 4.66. The SMILES string of the molecule is CCNC/C(C)=C/c1occc1C. The molecule has 1 heterocycles. The van der Waals surface area contributed by atoms with E-state index >= 15 is 0 Å². The van der Waals surface area contributed by atoms with E-state index < -0.39 is 0 Å². The van der Waals surface area contributed by atoms with Crippen LogP contribution in [-0.4, -0.2) is 13.1 Å². The van der Waals surface area contributed by atoms with Crippen LogP contribution in [0.15, 0.2) is 22.3 Å². The monoisotopic (exact) mass is 179 g/mol. The van der Waals surface area contributed by atoms with Crippen molar-refractivity contribution in [3.8, 4) is 0 Å². The van der Waals surface area contributed by atoms with E-state index in [1.54, 1.807) is 6.26 Å². The van der Waals surface area contributed by atoms with Crippen molar-refractivity contribution in [2.75, 3.05) is 13.1 Å². The van der Waals surface area contributed by atoms with Gasteiger partial charge in [-0.1, -0.05) is 12.5 Å². The quantitative estimate of drug-likeness (QED) is 0.768. The van der Waals surface area contributed by atoms with Gasteiger partial charge in [0.25, 0.3) is 0 Å². The zero-order valence-electron chi connectivity index (χ0n) is 8.55. The highest BCUT2D eigenvalue weighted by atomic mass is 16.3. The molecule has 0 aliphatic rings. The number of nitrogens with one attached hydrogen (secondary N) is 1. The van der Waals surface area contributed by atoms with Crippen molar-refractivity contribution in [2.24, 2.45) is 0 Å². The molecule has 0 bridgehead atoms. The summed E-state index contributed by atoms with van der Waals surface area (Å²) >= 11 is 0. The van der Waals surface area contributed by atoms with E-state index in [0.717, 1.165) is 18.8 Å². The summed E-state index contributed by atoms with van der Waals surface area (Å²) in [6, 6.07) is 1.98. The Morgan fingerprint density at radius 3 is 2.92 bits per heavy atom. The van der Waals surface area contributed by atoms with Gasteiger partial charge < -0.3 is 9.73 Å². The first kappa shape index (κ1) is 10.1. The van der Waals surface area contributed by atoms with Gasteiger partial charge >= 0.3 is 0 Å². The van der Waals surface area contributed by atoms with Crippen LogP contribution in [0, 0.1) is 6.92 Å². The Morgan fingerprint density at radius 1 is 1.62 bits per heavy atom. The van der Waals surface area contributed by atoms with Crippen LogP contribution in [0.4, 0.5) is 0 Å². The predicted molar refractivity (Wildman–Crippen MR) is 55.6 cm³/mol. The molecular formula is C11H17NO. The van der Waals surface area contributed by atoms with Crippen molar-refractivity contribution in [1.29, 1.82) is 0 Å². The van der Waals surface area contributed by atoms with Gasteiger partial charge in [0.15, 0.2) is 0 Å². The second-order valence-corrected chi connectivity index (χ2v) is 3.24. The lowest BCUT2D eigenvalue weighted by molar-refractivity contribution is 0.554. The standard InChI is InChI=1S/C11H17NO/c1-4-12-8-9(2)7-11-10(3)5-6-13-11/h5-7,12H,4,8H2,1-3H3/b9-7+. The van der Waals surface area contributed by atoms with Crippen LogP contribution in [-0.2, 0) is 0 Å². The molecule has 0 saturated heterocycles. The van der Waals surface area contributed by atoms with Crippen molar-refractivity contribution in [3.63, 3.8) is 0 Å². The van der Waals surface area contributed by atoms with Crippen LogP contribution >= 0.6 is 0 Å². The van der Waals surface area contributed by atoms with E-state index in [1.807, 2.05) is 6.07 Å². The molecule has 0 atom stereocenters. The molecule has 0 unspecified atom stereocenters. The minimum Gasteiger partial charge on any atom is -0.465 e. The van der Waals surface area contributed by atoms with Gasteiger partial charge in [0, 0.05) is 6.54 Å². The van der Waals surface area contributed by atoms with Crippen molar-refractivity contribution in [1.82, 2.24) is 5.32 Å². The fourth-order valence-electron chi connectivity index (χ4n) is 1.13. The van der Waals surface area contributed by atoms with Crippen LogP contribution < -0.4 is 5.32 Å². The van der Waals surface area contributed by atoms with Crippen molar-refractivity contribution in [2.45, 2.75) is 20.8 Å². The van der Waals surface area contributed by atoms with Crippen LogP contribution in [0.25, 0.3) is 6.08 Å². The summed E-state index contributed by atoms with van der Waals surface area (Å²) in [4.78, 5) is 0. The Kier molecular flexibility index (Phi) is 3.77. The first-order valence-electron chi connectivity index (χ1n) is 4.66. The molecule has 0 aliphatic heterocycles. The van der Waals surface area contributed by atoms with E-state index in [4.69, 9.17) is 4.42 Å². The highest BCUT2D eigenvalue weighted by molar-refractivity contribution is 5.50. The maximum atomic E-state index is 5.31. The highest BCUT2D eigenvalue weighted by Crippen LogP contribution is 2.12. The maximum Gasteiger partial charge on any atom is 0.129 e. The average Bonchev–Trinajstić information content (AvgIpc) is 2.48. The molecule has 13 heavy (non-hydrogen) atoms. The summed E-state index contributed by atoms with van der Waals surface area (Å²) in [6.07, 6.45) is 3.81. The number of hydrogen-bond donors (Lipinski definition) is 1. The van der Waals surface area contributed by atoms with E-state index in [1.165, 1.54) is 11.1 Å². The summed E-state index contributed by atoms with van der Waals surface area (Å²) in [7, 11) is 0. The van der Waals surface area contributed by atoms with E-state index in [2.05, 4.69) is 32.2 Å². The van der Waals surface area contributed by atoms with Crippen molar-refractivity contribution in [3.05, 3.63) is 29.2 Å². The highest BCUT2D eigenvalue weighted by Gasteiger charge is 1.97. The normalized spacial score (nSPS) is 12.1. The Balaban J connectivity index is 2.60. The second kappa shape index (κ2) is 4.87. The lowest BCUT2D eigenvalue weighted by Crippen LogP contribution is -2.14. The molecule has 0 amide bonds. The predicted octanol–water partition coefficient (Wildman–Crippen LogP) is 2.60. The van der Waals surface area contributed by atoms with Gasteiger partial charge in [-0.3, -0.25) is 0 Å². The zero-order chi connectivity index (χ0) is 9.68. The second-order valence-electron chi connectivity index (χ2n) is 3.24.